The van der Waals surface area contributed by atoms with E-state index >= 15 is 0 Å². The maximum absolute atomic E-state index is 12.0. The Morgan fingerprint density at radius 2 is 2.21 bits per heavy atom. The number of carboxylic acid groups (broad SMARTS) is 1. The minimum Gasteiger partial charge on any atom is -0.480 e. The van der Waals surface area contributed by atoms with Crippen LogP contribution in [0, 0.1) is 6.92 Å². The Labute approximate surface area is 124 Å². The topological polar surface area (TPSA) is 96.4 Å². The highest BCUT2D eigenvalue weighted by Crippen LogP contribution is 2.27. The van der Waals surface area contributed by atoms with Crippen LogP contribution in [-0.4, -0.2) is 30.5 Å². The molecule has 0 aromatic carbocycles. The van der Waals surface area contributed by atoms with Crippen molar-refractivity contribution in [2.45, 2.75) is 43.5 Å². The fourth-order valence-corrected chi connectivity index (χ4v) is 4.53. The molecule has 1 aromatic heterocycles. The number of hydrogen-bond donors (Lipinski definition) is 2. The van der Waals surface area contributed by atoms with Crippen LogP contribution in [0.25, 0.3) is 0 Å². The number of aliphatic carboxylic acids is 1. The van der Waals surface area contributed by atoms with Crippen molar-refractivity contribution in [1.29, 1.82) is 0 Å². The van der Waals surface area contributed by atoms with Gasteiger partial charge in [-0.15, -0.1) is 0 Å². The second kappa shape index (κ2) is 6.78. The highest BCUT2D eigenvalue weighted by Gasteiger charge is 2.27. The maximum Gasteiger partial charge on any atom is 0.321 e. The van der Waals surface area contributed by atoms with Gasteiger partial charge in [0.05, 0.1) is 9.48 Å². The molecular formula is C10H15BrN2O4S2. The monoisotopic (exact) mass is 370 g/mol. The maximum atomic E-state index is 12.0. The van der Waals surface area contributed by atoms with Crippen LogP contribution in [0.4, 0.5) is 0 Å². The Morgan fingerprint density at radius 3 is 2.63 bits per heavy atom. The second-order valence-corrected chi connectivity index (χ2v) is 8.20. The van der Waals surface area contributed by atoms with Crippen molar-refractivity contribution in [3.63, 3.8) is 0 Å². The first-order valence-corrected chi connectivity index (χ1v) is 8.75. The van der Waals surface area contributed by atoms with Gasteiger partial charge in [-0.05, 0) is 29.3 Å². The fraction of sp³-hybridized carbons (Fsp3) is 0.600. The van der Waals surface area contributed by atoms with E-state index in [1.807, 2.05) is 6.92 Å². The molecule has 0 unspecified atom stereocenters. The number of thiazole rings is 1. The van der Waals surface area contributed by atoms with Crippen molar-refractivity contribution < 1.29 is 18.3 Å². The zero-order valence-electron chi connectivity index (χ0n) is 10.5. The number of sulfonamides is 1. The molecule has 19 heavy (non-hydrogen) atoms. The standard InChI is InChI=1S/C10H15BrN2O4S2/c1-3-4-5-7(9(14)15)13-19(16,17)10-12-6(2)8(11)18-10/h7,13H,3-5H2,1-2H3,(H,14,15)/t7-/m0/s1. The zero-order valence-corrected chi connectivity index (χ0v) is 13.7. The lowest BCUT2D eigenvalue weighted by Gasteiger charge is -2.12. The molecule has 0 saturated carbocycles. The lowest BCUT2D eigenvalue weighted by molar-refractivity contribution is -0.139. The minimum atomic E-state index is -3.89. The van der Waals surface area contributed by atoms with Crippen molar-refractivity contribution in [3.8, 4) is 0 Å². The number of nitrogens with one attached hydrogen (secondary N) is 1. The van der Waals surface area contributed by atoms with Crippen molar-refractivity contribution in [2.75, 3.05) is 0 Å². The first-order chi connectivity index (χ1) is 8.77. The third-order valence-corrected chi connectivity index (χ3v) is 6.25. The minimum absolute atomic E-state index is 0.125. The zero-order chi connectivity index (χ0) is 14.6. The van der Waals surface area contributed by atoms with Crippen LogP contribution in [0.3, 0.4) is 0 Å². The van der Waals surface area contributed by atoms with Crippen molar-refractivity contribution in [2.24, 2.45) is 0 Å². The van der Waals surface area contributed by atoms with Gasteiger partial charge in [-0.3, -0.25) is 4.79 Å². The van der Waals surface area contributed by atoms with Crippen LogP contribution in [0.2, 0.25) is 0 Å². The van der Waals surface area contributed by atoms with E-state index in [0.29, 0.717) is 15.9 Å². The molecule has 0 fully saturated rings. The summed E-state index contributed by atoms with van der Waals surface area (Å²) >= 11 is 4.15. The SMILES string of the molecule is CCCC[C@H](NS(=O)(=O)c1nc(C)c(Br)s1)C(=O)O. The Hall–Kier alpha value is -0.510. The normalized spacial score (nSPS) is 13.4. The predicted octanol–water partition coefficient (Wildman–Crippen LogP) is 2.14. The van der Waals surface area contributed by atoms with E-state index in [0.717, 1.165) is 17.8 Å². The molecule has 0 aliphatic heterocycles. The van der Waals surface area contributed by atoms with Crippen molar-refractivity contribution in [1.82, 2.24) is 9.71 Å². The Balaban J connectivity index is 2.90. The summed E-state index contributed by atoms with van der Waals surface area (Å²) in [6, 6.07) is -1.12. The van der Waals surface area contributed by atoms with Gasteiger partial charge in [-0.2, -0.15) is 4.72 Å². The number of carbonyl (C=O) groups is 1. The molecular weight excluding hydrogens is 356 g/mol. The average Bonchev–Trinajstić information content (AvgIpc) is 2.65. The summed E-state index contributed by atoms with van der Waals surface area (Å²) < 4.78 is 26.7. The number of halogens is 1. The number of aryl methyl sites for hydroxylation is 1. The highest BCUT2D eigenvalue weighted by atomic mass is 79.9. The van der Waals surface area contributed by atoms with Crippen molar-refractivity contribution >= 4 is 43.3 Å². The molecule has 0 bridgehead atoms. The van der Waals surface area contributed by atoms with E-state index in [4.69, 9.17) is 5.11 Å². The summed E-state index contributed by atoms with van der Waals surface area (Å²) in [7, 11) is -3.89. The number of unbranched alkanes of at least 4 members (excludes halogenated alkanes) is 1. The van der Waals surface area contributed by atoms with E-state index in [1.165, 1.54) is 0 Å². The van der Waals surface area contributed by atoms with Gasteiger partial charge in [-0.1, -0.05) is 31.1 Å². The number of hydrogen-bond acceptors (Lipinski definition) is 5. The van der Waals surface area contributed by atoms with Gasteiger partial charge in [0.1, 0.15) is 6.04 Å². The van der Waals surface area contributed by atoms with Crippen LogP contribution in [0.5, 0.6) is 0 Å². The second-order valence-electron chi connectivity index (χ2n) is 3.99. The van der Waals surface area contributed by atoms with Gasteiger partial charge >= 0.3 is 5.97 Å². The Bertz CT molecular complexity index is 536. The molecule has 0 radical (unpaired) electrons. The van der Waals surface area contributed by atoms with Crippen molar-refractivity contribution in [3.05, 3.63) is 9.48 Å². The average molecular weight is 371 g/mol. The molecule has 0 spiro atoms. The number of rotatable bonds is 7. The molecule has 0 aliphatic rings. The largest absolute Gasteiger partial charge is 0.480 e. The van der Waals surface area contributed by atoms with E-state index < -0.39 is 22.0 Å². The molecule has 0 saturated heterocycles. The fourth-order valence-electron chi connectivity index (χ4n) is 1.35. The molecule has 2 N–H and O–H groups in total. The smallest absolute Gasteiger partial charge is 0.321 e. The third-order valence-electron chi connectivity index (χ3n) is 2.39. The lowest BCUT2D eigenvalue weighted by atomic mass is 10.1. The molecule has 0 aliphatic carbocycles. The summed E-state index contributed by atoms with van der Waals surface area (Å²) in [5, 5.41) is 9.02. The van der Waals surface area contributed by atoms with E-state index in [1.54, 1.807) is 6.92 Å². The van der Waals surface area contributed by atoms with Crippen LogP contribution in [-0.2, 0) is 14.8 Å². The summed E-state index contributed by atoms with van der Waals surface area (Å²) in [4.78, 5) is 14.9. The highest BCUT2D eigenvalue weighted by molar-refractivity contribution is 9.11. The van der Waals surface area contributed by atoms with Gasteiger partial charge in [0.2, 0.25) is 4.34 Å². The van der Waals surface area contributed by atoms with Crippen LogP contribution >= 0.6 is 27.3 Å². The molecule has 6 nitrogen and oxygen atoms in total. The van der Waals surface area contributed by atoms with E-state index in [-0.39, 0.29) is 10.8 Å². The van der Waals surface area contributed by atoms with Gasteiger partial charge in [0.15, 0.2) is 0 Å². The number of aromatic nitrogens is 1. The van der Waals surface area contributed by atoms with E-state index in [9.17, 15) is 13.2 Å². The van der Waals surface area contributed by atoms with Gasteiger partial charge < -0.3 is 5.11 Å². The lowest BCUT2D eigenvalue weighted by Crippen LogP contribution is -2.40. The molecule has 1 atom stereocenters. The summed E-state index contributed by atoms with van der Waals surface area (Å²) in [5.74, 6) is -1.18. The summed E-state index contributed by atoms with van der Waals surface area (Å²) in [6.07, 6.45) is 1.70. The summed E-state index contributed by atoms with van der Waals surface area (Å²) in [6.45, 7) is 3.58. The first-order valence-electron chi connectivity index (χ1n) is 5.66. The van der Waals surface area contributed by atoms with Gasteiger partial charge in [-0.25, -0.2) is 13.4 Å². The molecule has 0 amide bonds. The Kier molecular flexibility index (Phi) is 5.90. The molecule has 1 rings (SSSR count). The van der Waals surface area contributed by atoms with E-state index in [2.05, 4.69) is 25.6 Å². The van der Waals surface area contributed by atoms with Gasteiger partial charge in [0.25, 0.3) is 10.0 Å². The first kappa shape index (κ1) is 16.5. The van der Waals surface area contributed by atoms with Crippen LogP contribution in [0.1, 0.15) is 31.9 Å². The molecule has 1 aromatic rings. The number of nitrogens with zero attached hydrogens (tertiary/aromatic N) is 1. The quantitative estimate of drug-likeness (QED) is 0.766. The van der Waals surface area contributed by atoms with Crippen LogP contribution in [0.15, 0.2) is 8.13 Å². The van der Waals surface area contributed by atoms with Crippen LogP contribution < -0.4 is 4.72 Å². The third kappa shape index (κ3) is 4.51. The predicted molar refractivity (Wildman–Crippen MR) is 75.8 cm³/mol. The summed E-state index contributed by atoms with van der Waals surface area (Å²) in [5.41, 5.74) is 0.561. The number of carboxylic acids is 1. The van der Waals surface area contributed by atoms with Gasteiger partial charge in [0, 0.05) is 0 Å². The molecule has 108 valence electrons. The molecule has 1 heterocycles. The molecule has 9 heteroatoms. The Morgan fingerprint density at radius 1 is 1.58 bits per heavy atom.